The van der Waals surface area contributed by atoms with Crippen molar-refractivity contribution in [3.8, 4) is 22.9 Å². The molecular weight excluding hydrogens is 1120 g/mol. The number of hydrogen-bond acceptors (Lipinski definition) is 19. The largest absolute Gasteiger partial charge is 0.462 e. The molecule has 0 bridgehead atoms. The Morgan fingerprint density at radius 1 is 0.783 bits per heavy atom. The predicted octanol–water partition coefficient (Wildman–Crippen LogP) is 2.76. The minimum absolute atomic E-state index is 0.00559. The molecule has 11 N–H and O–H groups in total. The number of thiocarbonyl (C=S) groups is 2. The van der Waals surface area contributed by atoms with Crippen LogP contribution >= 0.6 is 24.4 Å². The summed E-state index contributed by atoms with van der Waals surface area (Å²) in [5, 5.41) is 72.6. The molecule has 24 nitrogen and oxygen atoms in total. The van der Waals surface area contributed by atoms with Crippen molar-refractivity contribution in [3.05, 3.63) is 106 Å². The predicted molar refractivity (Wildman–Crippen MR) is 310 cm³/mol. The molecule has 2 aromatic heterocycles. The summed E-state index contributed by atoms with van der Waals surface area (Å²) in [6.07, 6.45) is -8.51. The van der Waals surface area contributed by atoms with Crippen LogP contribution < -0.4 is 46.9 Å². The highest BCUT2D eigenvalue weighted by molar-refractivity contribution is 7.80. The normalized spacial score (nSPS) is 26.0. The Hall–Kier alpha value is -6.95. The van der Waals surface area contributed by atoms with Gasteiger partial charge < -0.3 is 95.2 Å². The number of unbranched alkanes of at least 4 members (excludes halogenated alkanes) is 1. The van der Waals surface area contributed by atoms with Gasteiger partial charge >= 0.3 is 5.97 Å². The van der Waals surface area contributed by atoms with Gasteiger partial charge in [-0.2, -0.15) is 0 Å². The van der Waals surface area contributed by atoms with Crippen LogP contribution in [0.3, 0.4) is 0 Å². The molecule has 444 valence electrons. The van der Waals surface area contributed by atoms with Gasteiger partial charge in [-0.3, -0.25) is 14.4 Å². The first-order valence-corrected chi connectivity index (χ1v) is 28.0. The maximum absolute atomic E-state index is 14.2. The van der Waals surface area contributed by atoms with E-state index in [0.29, 0.717) is 80.9 Å². The van der Waals surface area contributed by atoms with E-state index in [9.17, 15) is 44.7 Å². The summed E-state index contributed by atoms with van der Waals surface area (Å²) >= 11 is 11.3. The number of carbonyl (C=O) groups excluding carboxylic acids is 3. The van der Waals surface area contributed by atoms with E-state index in [-0.39, 0.29) is 42.2 Å². The molecule has 2 saturated heterocycles. The fourth-order valence-corrected chi connectivity index (χ4v) is 10.9. The number of hydrogen-bond donors (Lipinski definition) is 11. The van der Waals surface area contributed by atoms with Crippen LogP contribution in [-0.2, 0) is 56.8 Å². The summed E-state index contributed by atoms with van der Waals surface area (Å²) in [6.45, 7) is 6.82. The number of methoxy groups -OCH3 is 2. The minimum Gasteiger partial charge on any atom is -0.462 e. The van der Waals surface area contributed by atoms with E-state index in [4.69, 9.17) is 62.6 Å². The van der Waals surface area contributed by atoms with Crippen molar-refractivity contribution in [2.75, 3.05) is 36.7 Å². The first-order valence-electron chi connectivity index (χ1n) is 27.2. The summed E-state index contributed by atoms with van der Waals surface area (Å²) in [6, 6.07) is 20.1. The lowest BCUT2D eigenvalue weighted by atomic mass is 9.86. The summed E-state index contributed by atoms with van der Waals surface area (Å²) in [5.74, 6) is -1.10. The van der Waals surface area contributed by atoms with E-state index in [1.807, 2.05) is 6.07 Å². The first kappa shape index (κ1) is 60.6. The Morgan fingerprint density at radius 3 is 1.95 bits per heavy atom. The molecule has 26 heteroatoms. The van der Waals surface area contributed by atoms with Crippen molar-refractivity contribution in [3.63, 3.8) is 0 Å². The Bertz CT molecular complexity index is 3280. The van der Waals surface area contributed by atoms with Crippen LogP contribution in [0.4, 0.5) is 17.1 Å². The zero-order valence-corrected chi connectivity index (χ0v) is 48.0. The monoisotopic (exact) mass is 1180 g/mol. The van der Waals surface area contributed by atoms with E-state index in [1.165, 1.54) is 18.8 Å². The zero-order chi connectivity index (χ0) is 59.4. The van der Waals surface area contributed by atoms with Crippen LogP contribution in [-0.4, -0.2) is 157 Å². The number of cyclic esters (lactones) is 1. The number of carbonyl (C=O) groups is 3. The lowest BCUT2D eigenvalue weighted by Gasteiger charge is -2.40. The Labute approximate surface area is 488 Å². The molecule has 0 saturated carbocycles. The van der Waals surface area contributed by atoms with E-state index in [0.717, 1.165) is 0 Å². The van der Waals surface area contributed by atoms with Gasteiger partial charge in [-0.05, 0) is 144 Å². The smallest absolute Gasteiger partial charge is 0.343 e. The highest BCUT2D eigenvalue weighted by Gasteiger charge is 2.47. The number of aliphatic hydroxyl groups is 5. The highest BCUT2D eigenvalue weighted by Crippen LogP contribution is 2.40. The third-order valence-corrected chi connectivity index (χ3v) is 15.7. The quantitative estimate of drug-likeness (QED) is 0.0316. The van der Waals surface area contributed by atoms with Gasteiger partial charge in [-0.15, -0.1) is 0 Å². The van der Waals surface area contributed by atoms with Crippen LogP contribution in [0, 0.1) is 0 Å². The molecule has 5 aromatic rings. The number of pyridine rings is 2. The van der Waals surface area contributed by atoms with Gasteiger partial charge in [0.2, 0.25) is 24.4 Å². The van der Waals surface area contributed by atoms with Gasteiger partial charge in [0.15, 0.2) is 15.8 Å². The maximum atomic E-state index is 14.2. The van der Waals surface area contributed by atoms with Gasteiger partial charge in [-0.1, -0.05) is 13.0 Å². The third kappa shape index (κ3) is 13.1. The molecule has 4 aliphatic heterocycles. The van der Waals surface area contributed by atoms with Crippen molar-refractivity contribution >= 4 is 80.4 Å². The summed E-state index contributed by atoms with van der Waals surface area (Å²) in [5.41, 5.74) is 1.74. The standard InChI is InChI=1S/C57H68N8O16S2/c1-7-57(74)37-24-41-42-30(25-65(41)51(72)36(37)26-77-54(57)73)23-35-38(62-42)12-10-13-39(35)63-49(70)27(2)59-50(71)40(64-56(83)61-32-16-20-34(21-17-32)81-53-46(69)48(76-6)44(67)29(4)79-53)11-8-9-22-58-55(82)60-31-14-18-33(19-15-31)80-52-45(68)47(75-5)43(66)28(3)78-52/h10,12-21,23-24,27-29,40,43-48,52-53,66-69,74H,7-9,11,22,25-26H2,1-6H3,(H,59,71)(H,63,70)(H2,58,60,82)(H2,61,64,83)/t27-,28-,29-,40?,43+,44+,45-,46-,47+,48+,52?,53?,57-/m0/s1. The average molecular weight is 1190 g/mol. The van der Waals surface area contributed by atoms with E-state index < -0.39 is 102 Å². The number of anilines is 3. The van der Waals surface area contributed by atoms with Crippen LogP contribution in [0.15, 0.2) is 83.7 Å². The molecule has 0 aliphatic carbocycles. The van der Waals surface area contributed by atoms with Crippen molar-refractivity contribution < 1.29 is 73.1 Å². The van der Waals surface area contributed by atoms with Gasteiger partial charge in [-0.25, -0.2) is 9.78 Å². The first-order chi connectivity index (χ1) is 39.7. The van der Waals surface area contributed by atoms with Crippen LogP contribution in [0.1, 0.15) is 70.1 Å². The van der Waals surface area contributed by atoms with Gasteiger partial charge in [0, 0.05) is 48.7 Å². The van der Waals surface area contributed by atoms with Crippen molar-refractivity contribution in [1.82, 2.24) is 25.5 Å². The maximum Gasteiger partial charge on any atom is 0.343 e. The van der Waals surface area contributed by atoms with E-state index in [2.05, 4.69) is 31.9 Å². The molecule has 4 aliphatic rings. The van der Waals surface area contributed by atoms with Crippen LogP contribution in [0.25, 0.3) is 22.3 Å². The molecule has 2 amide bonds. The highest BCUT2D eigenvalue weighted by atomic mass is 32.1. The molecule has 6 heterocycles. The zero-order valence-electron chi connectivity index (χ0n) is 46.3. The number of aromatic nitrogens is 2. The number of ether oxygens (including phenoxy) is 7. The lowest BCUT2D eigenvalue weighted by Crippen LogP contribution is -2.59. The van der Waals surface area contributed by atoms with Gasteiger partial charge in [0.1, 0.15) is 66.8 Å². The van der Waals surface area contributed by atoms with Gasteiger partial charge in [0.05, 0.1) is 46.9 Å². The van der Waals surface area contributed by atoms with Crippen molar-refractivity contribution in [2.24, 2.45) is 0 Å². The van der Waals surface area contributed by atoms with E-state index in [1.54, 1.807) is 100 Å². The molecule has 3 aromatic carbocycles. The summed E-state index contributed by atoms with van der Waals surface area (Å²) in [4.78, 5) is 59.5. The second kappa shape index (κ2) is 25.9. The number of esters is 1. The fraction of sp³-hybridized carbons (Fsp3) is 0.456. The number of fused-ring (bicyclic) bond motifs is 5. The molecule has 83 heavy (non-hydrogen) atoms. The average Bonchev–Trinajstić information content (AvgIpc) is 4.12. The molecule has 0 spiro atoms. The van der Waals surface area contributed by atoms with E-state index >= 15 is 0 Å². The topological polar surface area (TPSA) is 324 Å². The van der Waals surface area contributed by atoms with Crippen LogP contribution in [0.5, 0.6) is 11.5 Å². The number of aliphatic hydroxyl groups excluding tert-OH is 4. The number of nitrogens with zero attached hydrogens (tertiary/aromatic N) is 2. The number of amides is 2. The third-order valence-electron chi connectivity index (χ3n) is 15.2. The molecule has 13 atom stereocenters. The molecule has 9 rings (SSSR count). The summed E-state index contributed by atoms with van der Waals surface area (Å²) < 4.78 is 40.4. The molecule has 2 fully saturated rings. The summed E-state index contributed by atoms with van der Waals surface area (Å²) in [7, 11) is 2.77. The number of nitrogens with one attached hydrogen (secondary N) is 6. The Balaban J connectivity index is 0.825. The second-order valence-corrected chi connectivity index (χ2v) is 21.6. The lowest BCUT2D eigenvalue weighted by molar-refractivity contribution is -0.273. The van der Waals surface area contributed by atoms with Crippen molar-refractivity contribution in [1.29, 1.82) is 0 Å². The minimum atomic E-state index is -1.98. The number of benzene rings is 3. The second-order valence-electron chi connectivity index (χ2n) is 20.8. The van der Waals surface area contributed by atoms with Crippen LogP contribution in [0.2, 0.25) is 0 Å². The Kier molecular flexibility index (Phi) is 18.9. The van der Waals surface area contributed by atoms with Gasteiger partial charge in [0.25, 0.3) is 5.56 Å². The number of rotatable bonds is 19. The molecule has 3 unspecified atom stereocenters. The fourth-order valence-electron chi connectivity index (χ4n) is 10.4. The SMILES string of the molecule is CC[C@@]1(O)C(=O)OCc2c1cc1n(c2=O)Cc2cc3c(NC(=O)[C@H](C)NC(=O)C(CCCCNC(=S)Nc4ccc(OC5O[C@@H](C)[C@@H](O)[C@@H](OC)[C@@H]5O)cc4)NC(=S)Nc4ccc(OC5O[C@@H](C)[C@@H](O)[C@@H](OC)[C@@H]5O)cc4)cccc3nc2-1. The molecule has 0 radical (unpaired) electrons. The Morgan fingerprint density at radius 2 is 1.37 bits per heavy atom. The molecular formula is C57H68N8O16S2. The van der Waals surface area contributed by atoms with Crippen molar-refractivity contribution in [2.45, 2.75) is 146 Å².